The minimum Gasteiger partial charge on any atom is -0.437 e. The van der Waals surface area contributed by atoms with E-state index in [9.17, 15) is 18.8 Å². The first-order valence-electron chi connectivity index (χ1n) is 10.7. The standard InChI is InChI=1S/C26H20FN3O4/c27-17-9-7-16(8-10-17)23(31)30-14-11-19-18-5-1-2-6-21(18)29-22(19)20(15-30)24(32)34-26(25(28)33)12-3-4-13-26/h1-10,12-13,15,29H,11,14H2,(H2,28,33). The number of amides is 2. The van der Waals surface area contributed by atoms with Crippen molar-refractivity contribution in [3.8, 4) is 0 Å². The van der Waals surface area contributed by atoms with Crippen molar-refractivity contribution in [2.45, 2.75) is 12.0 Å². The molecule has 1 aromatic heterocycles. The number of ether oxygens (including phenoxy) is 1. The molecule has 0 spiro atoms. The highest BCUT2D eigenvalue weighted by Gasteiger charge is 2.39. The molecular formula is C26H20FN3O4. The molecule has 2 amide bonds. The Morgan fingerprint density at radius 1 is 1.03 bits per heavy atom. The molecule has 0 fully saturated rings. The van der Waals surface area contributed by atoms with Crippen LogP contribution < -0.4 is 5.73 Å². The van der Waals surface area contributed by atoms with Crippen LogP contribution in [0.1, 0.15) is 21.6 Å². The summed E-state index contributed by atoms with van der Waals surface area (Å²) in [5.74, 6) is -2.51. The van der Waals surface area contributed by atoms with Gasteiger partial charge in [-0.25, -0.2) is 9.18 Å². The fourth-order valence-corrected chi connectivity index (χ4v) is 4.22. The van der Waals surface area contributed by atoms with Crippen LogP contribution in [-0.4, -0.2) is 39.8 Å². The number of primary amides is 1. The maximum atomic E-state index is 13.4. The summed E-state index contributed by atoms with van der Waals surface area (Å²) in [7, 11) is 0. The number of para-hydroxylation sites is 1. The van der Waals surface area contributed by atoms with Gasteiger partial charge in [-0.2, -0.15) is 0 Å². The van der Waals surface area contributed by atoms with Crippen molar-refractivity contribution in [2.75, 3.05) is 6.54 Å². The van der Waals surface area contributed by atoms with E-state index in [2.05, 4.69) is 4.98 Å². The van der Waals surface area contributed by atoms with Crippen LogP contribution in [0.3, 0.4) is 0 Å². The van der Waals surface area contributed by atoms with Crippen molar-refractivity contribution in [3.63, 3.8) is 0 Å². The third-order valence-electron chi connectivity index (χ3n) is 5.99. The number of esters is 1. The number of nitrogens with two attached hydrogens (primary N) is 1. The number of nitrogens with one attached hydrogen (secondary N) is 1. The van der Waals surface area contributed by atoms with Gasteiger partial charge in [0.15, 0.2) is 0 Å². The number of carbonyl (C=O) groups excluding carboxylic acids is 3. The lowest BCUT2D eigenvalue weighted by molar-refractivity contribution is -0.152. The van der Waals surface area contributed by atoms with Gasteiger partial charge in [-0.05, 0) is 54.5 Å². The number of fused-ring (bicyclic) bond motifs is 3. The lowest BCUT2D eigenvalue weighted by atomic mass is 10.0. The molecule has 5 rings (SSSR count). The smallest absolute Gasteiger partial charge is 0.343 e. The molecule has 0 atom stereocenters. The molecule has 3 N–H and O–H groups in total. The van der Waals surface area contributed by atoms with Gasteiger partial charge in [-0.3, -0.25) is 9.59 Å². The van der Waals surface area contributed by atoms with Gasteiger partial charge in [0, 0.05) is 29.2 Å². The Kier molecular flexibility index (Phi) is 5.13. The maximum absolute atomic E-state index is 13.4. The lowest BCUT2D eigenvalue weighted by Crippen LogP contribution is -2.43. The number of benzene rings is 2. The summed E-state index contributed by atoms with van der Waals surface area (Å²) < 4.78 is 19.0. The molecule has 0 saturated heterocycles. The van der Waals surface area contributed by atoms with Crippen LogP contribution in [0, 0.1) is 5.82 Å². The molecule has 7 nitrogen and oxygen atoms in total. The van der Waals surface area contributed by atoms with Crippen LogP contribution in [-0.2, 0) is 20.7 Å². The zero-order chi connectivity index (χ0) is 23.9. The molecular weight excluding hydrogens is 437 g/mol. The molecule has 8 heteroatoms. The van der Waals surface area contributed by atoms with E-state index in [0.29, 0.717) is 12.1 Å². The Labute approximate surface area is 194 Å². The van der Waals surface area contributed by atoms with Gasteiger partial charge >= 0.3 is 5.97 Å². The number of hydrogen-bond donors (Lipinski definition) is 2. The summed E-state index contributed by atoms with van der Waals surface area (Å²) in [6.45, 7) is 0.280. The fourth-order valence-electron chi connectivity index (χ4n) is 4.22. The van der Waals surface area contributed by atoms with E-state index in [1.807, 2.05) is 24.3 Å². The Morgan fingerprint density at radius 3 is 2.44 bits per heavy atom. The first-order chi connectivity index (χ1) is 16.4. The van der Waals surface area contributed by atoms with Crippen molar-refractivity contribution in [2.24, 2.45) is 5.73 Å². The number of rotatable bonds is 4. The third kappa shape index (κ3) is 3.59. The highest BCUT2D eigenvalue weighted by Crippen LogP contribution is 2.33. The van der Waals surface area contributed by atoms with Gasteiger partial charge < -0.3 is 20.4 Å². The summed E-state index contributed by atoms with van der Waals surface area (Å²) in [6.07, 6.45) is 7.80. The second kappa shape index (κ2) is 8.15. The van der Waals surface area contributed by atoms with Crippen molar-refractivity contribution in [1.82, 2.24) is 9.88 Å². The molecule has 0 unspecified atom stereocenters. The summed E-state index contributed by atoms with van der Waals surface area (Å²) in [4.78, 5) is 43.4. The van der Waals surface area contributed by atoms with Crippen LogP contribution in [0.4, 0.5) is 4.39 Å². The normalized spacial score (nSPS) is 16.1. The monoisotopic (exact) mass is 457 g/mol. The highest BCUT2D eigenvalue weighted by molar-refractivity contribution is 6.19. The second-order valence-corrected chi connectivity index (χ2v) is 8.09. The minimum atomic E-state index is -1.71. The molecule has 170 valence electrons. The predicted octanol–water partition coefficient (Wildman–Crippen LogP) is 3.24. The van der Waals surface area contributed by atoms with E-state index in [4.69, 9.17) is 10.5 Å². The average molecular weight is 457 g/mol. The molecule has 34 heavy (non-hydrogen) atoms. The molecule has 1 aliphatic carbocycles. The van der Waals surface area contributed by atoms with Crippen molar-refractivity contribution < 1.29 is 23.5 Å². The predicted molar refractivity (Wildman–Crippen MR) is 124 cm³/mol. The van der Waals surface area contributed by atoms with E-state index < -0.39 is 29.2 Å². The highest BCUT2D eigenvalue weighted by atomic mass is 19.1. The molecule has 1 aliphatic heterocycles. The summed E-state index contributed by atoms with van der Waals surface area (Å²) in [6, 6.07) is 12.8. The number of aromatic amines is 1. The maximum Gasteiger partial charge on any atom is 0.343 e. The first-order valence-corrected chi connectivity index (χ1v) is 10.7. The number of carbonyl (C=O) groups is 3. The number of hydrogen-bond acceptors (Lipinski definition) is 4. The largest absolute Gasteiger partial charge is 0.437 e. The molecule has 0 bridgehead atoms. The van der Waals surface area contributed by atoms with Gasteiger partial charge in [-0.1, -0.05) is 30.4 Å². The van der Waals surface area contributed by atoms with E-state index >= 15 is 0 Å². The molecule has 2 aromatic carbocycles. The first kappa shape index (κ1) is 21.4. The van der Waals surface area contributed by atoms with Crippen molar-refractivity contribution in [1.29, 1.82) is 0 Å². The van der Waals surface area contributed by atoms with Gasteiger partial charge in [0.25, 0.3) is 11.8 Å². The zero-order valence-corrected chi connectivity index (χ0v) is 18.0. The van der Waals surface area contributed by atoms with E-state index in [0.717, 1.165) is 16.5 Å². The summed E-state index contributed by atoms with van der Waals surface area (Å²) in [5, 5.41) is 0.914. The molecule has 3 aromatic rings. The topological polar surface area (TPSA) is 105 Å². The average Bonchev–Trinajstić information content (AvgIpc) is 3.40. The van der Waals surface area contributed by atoms with Crippen LogP contribution in [0.15, 0.2) is 79.0 Å². The molecule has 0 radical (unpaired) electrons. The summed E-state index contributed by atoms with van der Waals surface area (Å²) >= 11 is 0. The van der Waals surface area contributed by atoms with Gasteiger partial charge in [0.1, 0.15) is 5.82 Å². The van der Waals surface area contributed by atoms with E-state index in [-0.39, 0.29) is 17.7 Å². The van der Waals surface area contributed by atoms with Crippen LogP contribution >= 0.6 is 0 Å². The van der Waals surface area contributed by atoms with E-state index in [1.165, 1.54) is 47.5 Å². The third-order valence-corrected chi connectivity index (χ3v) is 5.99. The number of allylic oxidation sites excluding steroid dienone is 2. The van der Waals surface area contributed by atoms with E-state index in [1.54, 1.807) is 12.2 Å². The Morgan fingerprint density at radius 2 is 1.74 bits per heavy atom. The Bertz CT molecular complexity index is 1400. The van der Waals surface area contributed by atoms with Crippen LogP contribution in [0.2, 0.25) is 0 Å². The Hall–Kier alpha value is -4.46. The van der Waals surface area contributed by atoms with Crippen molar-refractivity contribution >= 4 is 34.3 Å². The quantitative estimate of drug-likeness (QED) is 0.587. The SMILES string of the molecule is NC(=O)C1(OC(=O)C2=CN(C(=O)c3ccc(F)cc3)CCc3c2[nH]c2ccccc32)C=CC=C1. The lowest BCUT2D eigenvalue weighted by Gasteiger charge is -2.23. The van der Waals surface area contributed by atoms with Crippen LogP contribution in [0.5, 0.6) is 0 Å². The fraction of sp³-hybridized carbons (Fsp3) is 0.115. The number of nitrogens with zero attached hydrogens (tertiary/aromatic N) is 1. The second-order valence-electron chi connectivity index (χ2n) is 8.09. The van der Waals surface area contributed by atoms with Crippen LogP contribution in [0.25, 0.3) is 16.5 Å². The van der Waals surface area contributed by atoms with Gasteiger partial charge in [-0.15, -0.1) is 0 Å². The van der Waals surface area contributed by atoms with Gasteiger partial charge in [0.05, 0.1) is 11.3 Å². The number of aromatic nitrogens is 1. The minimum absolute atomic E-state index is 0.0773. The van der Waals surface area contributed by atoms with Crippen molar-refractivity contribution in [3.05, 3.63) is 102 Å². The summed E-state index contributed by atoms with van der Waals surface area (Å²) in [5.41, 5.74) is 6.35. The molecule has 2 aliphatic rings. The Balaban J connectivity index is 1.59. The zero-order valence-electron chi connectivity index (χ0n) is 18.0. The number of H-pyrrole nitrogens is 1. The molecule has 0 saturated carbocycles. The van der Waals surface area contributed by atoms with Gasteiger partial charge in [0.2, 0.25) is 5.60 Å². The molecule has 2 heterocycles. The number of halogens is 1.